The van der Waals surface area contributed by atoms with Gasteiger partial charge in [0.2, 0.25) is 0 Å². The lowest BCUT2D eigenvalue weighted by molar-refractivity contribution is -0.149. The van der Waals surface area contributed by atoms with Crippen LogP contribution in [0.4, 0.5) is 4.79 Å². The van der Waals surface area contributed by atoms with Gasteiger partial charge >= 0.3 is 12.1 Å². The molecule has 0 aliphatic carbocycles. The zero-order chi connectivity index (χ0) is 27.6. The molecule has 0 aromatic heterocycles. The van der Waals surface area contributed by atoms with Gasteiger partial charge in [-0.1, -0.05) is 65.8 Å². The fraction of sp³-hybridized carbons (Fsp3) is 0.714. The molecule has 0 saturated carbocycles. The number of allylic oxidation sites excluding steroid dienone is 2. The monoisotopic (exact) mass is 509 g/mol. The fourth-order valence-electron chi connectivity index (χ4n) is 4.58. The number of hydrogen-bond acceptors (Lipinski definition) is 7. The average Bonchev–Trinajstić information content (AvgIpc) is 2.82. The van der Waals surface area contributed by atoms with Crippen molar-refractivity contribution in [2.75, 3.05) is 0 Å². The van der Waals surface area contributed by atoms with Gasteiger partial charge in [0.15, 0.2) is 0 Å². The molecular weight excluding hydrogens is 462 g/mol. The third-order valence-corrected chi connectivity index (χ3v) is 7.18. The summed E-state index contributed by atoms with van der Waals surface area (Å²) < 4.78 is 10.6. The number of esters is 1. The van der Waals surface area contributed by atoms with E-state index >= 15 is 0 Å². The van der Waals surface area contributed by atoms with Crippen molar-refractivity contribution in [1.82, 2.24) is 0 Å². The van der Waals surface area contributed by atoms with Crippen molar-refractivity contribution in [1.29, 1.82) is 0 Å². The summed E-state index contributed by atoms with van der Waals surface area (Å²) in [6.07, 6.45) is 7.40. The van der Waals surface area contributed by atoms with Gasteiger partial charge in [0.05, 0.1) is 23.7 Å². The minimum absolute atomic E-state index is 0.0386. The third kappa shape index (κ3) is 9.62. The summed E-state index contributed by atoms with van der Waals surface area (Å²) in [5, 5.41) is 31.3. The molecule has 1 aliphatic heterocycles. The first-order chi connectivity index (χ1) is 16.8. The van der Waals surface area contributed by atoms with Crippen LogP contribution in [0.5, 0.6) is 0 Å². The Balaban J connectivity index is 2.47. The van der Waals surface area contributed by atoms with Crippen LogP contribution >= 0.6 is 0 Å². The highest BCUT2D eigenvalue weighted by Crippen LogP contribution is 2.28. The number of rotatable bonds is 14. The van der Waals surface area contributed by atoms with Gasteiger partial charge in [-0.15, -0.1) is 0 Å². The van der Waals surface area contributed by atoms with Crippen molar-refractivity contribution in [2.24, 2.45) is 35.3 Å². The Labute approximate surface area is 216 Å². The Morgan fingerprint density at radius 3 is 2.17 bits per heavy atom. The van der Waals surface area contributed by atoms with E-state index in [2.05, 4.69) is 0 Å². The molecule has 0 aromatic carbocycles. The zero-order valence-electron chi connectivity index (χ0n) is 22.9. The SMILES string of the molecule is CC1=C(O)[C@@H](C)[C@H](CC/C=C\[C@H](C)[C@H](O)C(C)/C=C\CC[C@@H](O)[C@H](C)[C@@H](OC(N)=O)C(C)C)OC1=O. The number of aliphatic hydroxyl groups is 3. The van der Waals surface area contributed by atoms with Crippen LogP contribution in [0.2, 0.25) is 0 Å². The summed E-state index contributed by atoms with van der Waals surface area (Å²) in [6, 6.07) is 0. The first-order valence-electron chi connectivity index (χ1n) is 13.0. The Morgan fingerprint density at radius 2 is 1.64 bits per heavy atom. The van der Waals surface area contributed by atoms with Gasteiger partial charge in [0.1, 0.15) is 18.0 Å². The average molecular weight is 510 g/mol. The van der Waals surface area contributed by atoms with Gasteiger partial charge in [0.25, 0.3) is 0 Å². The summed E-state index contributed by atoms with van der Waals surface area (Å²) in [6.45, 7) is 13.0. The Kier molecular flexibility index (Phi) is 13.3. The van der Waals surface area contributed by atoms with Gasteiger partial charge in [-0.3, -0.25) is 0 Å². The van der Waals surface area contributed by atoms with Crippen LogP contribution in [0.15, 0.2) is 35.6 Å². The van der Waals surface area contributed by atoms with Crippen molar-refractivity contribution >= 4 is 12.1 Å². The number of ether oxygens (including phenoxy) is 2. The van der Waals surface area contributed by atoms with E-state index in [0.717, 1.165) is 0 Å². The molecule has 1 heterocycles. The maximum atomic E-state index is 11.8. The van der Waals surface area contributed by atoms with E-state index in [4.69, 9.17) is 15.2 Å². The Hall–Kier alpha value is -2.32. The summed E-state index contributed by atoms with van der Waals surface area (Å²) >= 11 is 0. The number of hydrogen-bond donors (Lipinski definition) is 4. The van der Waals surface area contributed by atoms with Crippen molar-refractivity contribution in [3.63, 3.8) is 0 Å². The predicted molar refractivity (Wildman–Crippen MR) is 140 cm³/mol. The largest absolute Gasteiger partial charge is 0.511 e. The van der Waals surface area contributed by atoms with Crippen LogP contribution in [0.25, 0.3) is 0 Å². The van der Waals surface area contributed by atoms with Gasteiger partial charge in [0, 0.05) is 17.8 Å². The molecule has 8 atom stereocenters. The van der Waals surface area contributed by atoms with Crippen molar-refractivity contribution in [3.8, 4) is 0 Å². The molecule has 0 fully saturated rings. The lowest BCUT2D eigenvalue weighted by atomic mass is 9.88. The zero-order valence-corrected chi connectivity index (χ0v) is 22.9. The van der Waals surface area contributed by atoms with Crippen LogP contribution in [0.1, 0.15) is 74.1 Å². The van der Waals surface area contributed by atoms with E-state index in [0.29, 0.717) is 25.7 Å². The van der Waals surface area contributed by atoms with E-state index in [1.54, 1.807) is 6.92 Å². The molecule has 1 unspecified atom stereocenters. The second kappa shape index (κ2) is 15.1. The number of nitrogens with two attached hydrogens (primary N) is 1. The van der Waals surface area contributed by atoms with Crippen molar-refractivity contribution < 1.29 is 34.4 Å². The van der Waals surface area contributed by atoms with E-state index in [1.165, 1.54) is 0 Å². The highest BCUT2D eigenvalue weighted by molar-refractivity contribution is 5.89. The second-order valence-corrected chi connectivity index (χ2v) is 10.5. The lowest BCUT2D eigenvalue weighted by Gasteiger charge is -2.30. The molecule has 0 spiro atoms. The molecule has 5 N–H and O–H groups in total. The minimum atomic E-state index is -0.836. The van der Waals surface area contributed by atoms with E-state index < -0.39 is 30.4 Å². The highest BCUT2D eigenvalue weighted by Gasteiger charge is 2.32. The molecule has 1 rings (SSSR count). The highest BCUT2D eigenvalue weighted by atomic mass is 16.6. The number of carbonyl (C=O) groups excluding carboxylic acids is 2. The molecular formula is C28H47NO7. The second-order valence-electron chi connectivity index (χ2n) is 10.5. The van der Waals surface area contributed by atoms with Crippen LogP contribution in [-0.4, -0.2) is 51.8 Å². The Bertz CT molecular complexity index is 804. The van der Waals surface area contributed by atoms with Gasteiger partial charge in [-0.2, -0.15) is 0 Å². The Morgan fingerprint density at radius 1 is 1.08 bits per heavy atom. The third-order valence-electron chi connectivity index (χ3n) is 7.18. The number of amides is 1. The maximum absolute atomic E-state index is 11.8. The normalized spacial score (nSPS) is 24.0. The van der Waals surface area contributed by atoms with Crippen LogP contribution in [0.3, 0.4) is 0 Å². The minimum Gasteiger partial charge on any atom is -0.511 e. The molecule has 206 valence electrons. The lowest BCUT2D eigenvalue weighted by Crippen LogP contribution is -2.38. The summed E-state index contributed by atoms with van der Waals surface area (Å²) in [4.78, 5) is 23.0. The molecule has 8 heteroatoms. The number of cyclic esters (lactones) is 1. The summed E-state index contributed by atoms with van der Waals surface area (Å²) in [5.74, 6) is -0.951. The molecule has 0 bridgehead atoms. The molecule has 1 amide bonds. The maximum Gasteiger partial charge on any atom is 0.404 e. The molecule has 0 radical (unpaired) electrons. The van der Waals surface area contributed by atoms with E-state index in [1.807, 2.05) is 65.8 Å². The van der Waals surface area contributed by atoms with E-state index in [9.17, 15) is 24.9 Å². The molecule has 0 saturated heterocycles. The smallest absolute Gasteiger partial charge is 0.404 e. The van der Waals surface area contributed by atoms with E-state index in [-0.39, 0.29) is 47.0 Å². The number of aliphatic hydroxyl groups excluding tert-OH is 3. The fourth-order valence-corrected chi connectivity index (χ4v) is 4.58. The van der Waals surface area contributed by atoms with Gasteiger partial charge in [-0.05, 0) is 38.5 Å². The molecule has 1 aliphatic rings. The number of primary amides is 1. The van der Waals surface area contributed by atoms with Crippen LogP contribution in [-0.2, 0) is 14.3 Å². The van der Waals surface area contributed by atoms with Crippen molar-refractivity contribution in [3.05, 3.63) is 35.6 Å². The number of carbonyl (C=O) groups is 2. The predicted octanol–water partition coefficient (Wildman–Crippen LogP) is 4.80. The standard InChI is InChI=1S/C28H47NO7/c1-16(2)26(36-28(29)34)19(5)22(30)14-10-8-12-17(3)24(31)18(4)13-9-11-15-23-20(6)25(32)21(7)27(33)35-23/h8-9,12-13,16-20,22-24,26,30-32H,10-11,14-15H2,1-7H3,(H2,29,34)/b12-8-,13-9-/t17?,18-,19-,20-,22+,23-,24+,26-/m0/s1. The first-order valence-corrected chi connectivity index (χ1v) is 13.0. The summed E-state index contributed by atoms with van der Waals surface area (Å²) in [5.41, 5.74) is 5.43. The van der Waals surface area contributed by atoms with Crippen molar-refractivity contribution in [2.45, 2.75) is 98.6 Å². The van der Waals surface area contributed by atoms with Gasteiger partial charge < -0.3 is 30.5 Å². The topological polar surface area (TPSA) is 139 Å². The first kappa shape index (κ1) is 31.7. The molecule has 8 nitrogen and oxygen atoms in total. The molecule has 36 heavy (non-hydrogen) atoms. The quantitative estimate of drug-likeness (QED) is 0.195. The molecule has 0 aromatic rings. The van der Waals surface area contributed by atoms with Crippen LogP contribution in [0, 0.1) is 29.6 Å². The summed E-state index contributed by atoms with van der Waals surface area (Å²) in [7, 11) is 0. The van der Waals surface area contributed by atoms with Crippen LogP contribution < -0.4 is 5.73 Å². The van der Waals surface area contributed by atoms with Gasteiger partial charge in [-0.25, -0.2) is 9.59 Å².